The molecule has 4 heterocycles. The number of ether oxygens (including phenoxy) is 2. The topological polar surface area (TPSA) is 80.3 Å². The van der Waals surface area contributed by atoms with Crippen LogP contribution in [0.15, 0.2) is 83.9 Å². The minimum absolute atomic E-state index is 0.0520. The molecule has 2 aliphatic rings. The van der Waals surface area contributed by atoms with Crippen LogP contribution in [-0.4, -0.2) is 28.7 Å². The average Bonchev–Trinajstić information content (AvgIpc) is 3.58. The maximum atomic E-state index is 13.5. The van der Waals surface area contributed by atoms with Crippen LogP contribution >= 0.6 is 0 Å². The summed E-state index contributed by atoms with van der Waals surface area (Å²) in [5.41, 5.74) is 6.72. The molecular formula is C30H24N4O3. The molecule has 182 valence electrons. The predicted molar refractivity (Wildman–Crippen MR) is 142 cm³/mol. The lowest BCUT2D eigenvalue weighted by atomic mass is 9.98. The number of benzene rings is 3. The van der Waals surface area contributed by atoms with Gasteiger partial charge in [0.05, 0.1) is 32.0 Å². The van der Waals surface area contributed by atoms with E-state index in [4.69, 9.17) is 19.4 Å². The van der Waals surface area contributed by atoms with Crippen molar-refractivity contribution in [3.05, 3.63) is 112 Å². The van der Waals surface area contributed by atoms with Crippen molar-refractivity contribution in [3.63, 3.8) is 0 Å². The van der Waals surface area contributed by atoms with E-state index in [0.717, 1.165) is 51.4 Å². The number of aromatic nitrogens is 3. The van der Waals surface area contributed by atoms with E-state index in [1.165, 1.54) is 5.56 Å². The Labute approximate surface area is 213 Å². The second kappa shape index (κ2) is 8.48. The lowest BCUT2D eigenvalue weighted by molar-refractivity contribution is 0.357. The number of hydrogen-bond donors (Lipinski definition) is 1. The number of rotatable bonds is 4. The van der Waals surface area contributed by atoms with Crippen molar-refractivity contribution < 1.29 is 9.47 Å². The van der Waals surface area contributed by atoms with Crippen LogP contribution < -0.4 is 19.8 Å². The number of nitrogens with zero attached hydrogens (tertiary/aromatic N) is 3. The molecule has 3 aromatic carbocycles. The molecule has 7 heteroatoms. The molecule has 0 saturated heterocycles. The highest BCUT2D eigenvalue weighted by molar-refractivity contribution is 5.80. The van der Waals surface area contributed by atoms with Crippen molar-refractivity contribution in [1.82, 2.24) is 15.0 Å². The molecule has 0 amide bonds. The summed E-state index contributed by atoms with van der Waals surface area (Å²) < 4.78 is 11.0. The number of aromatic amines is 1. The zero-order valence-corrected chi connectivity index (χ0v) is 20.3. The maximum Gasteiger partial charge on any atom is 0.226 e. The van der Waals surface area contributed by atoms with Gasteiger partial charge >= 0.3 is 0 Å². The van der Waals surface area contributed by atoms with E-state index in [-0.39, 0.29) is 11.5 Å². The molecule has 2 aliphatic heterocycles. The van der Waals surface area contributed by atoms with Gasteiger partial charge in [0.2, 0.25) is 5.95 Å². The second-order valence-corrected chi connectivity index (χ2v) is 9.39. The lowest BCUT2D eigenvalue weighted by Gasteiger charge is -2.26. The summed E-state index contributed by atoms with van der Waals surface area (Å²) in [4.78, 5) is 28.7. The number of methoxy groups -OCH3 is 1. The third-order valence-electron chi connectivity index (χ3n) is 7.30. The Morgan fingerprint density at radius 3 is 2.62 bits per heavy atom. The predicted octanol–water partition coefficient (Wildman–Crippen LogP) is 5.04. The summed E-state index contributed by atoms with van der Waals surface area (Å²) in [6, 6.07) is 21.6. The largest absolute Gasteiger partial charge is 0.497 e. The molecule has 0 radical (unpaired) electrons. The normalized spacial score (nSPS) is 15.9. The van der Waals surface area contributed by atoms with Crippen LogP contribution in [0.3, 0.4) is 0 Å². The molecule has 0 fully saturated rings. The van der Waals surface area contributed by atoms with Crippen LogP contribution in [0.1, 0.15) is 28.4 Å². The van der Waals surface area contributed by atoms with Crippen LogP contribution in [0.2, 0.25) is 0 Å². The molecule has 0 saturated carbocycles. The first-order valence-electron chi connectivity index (χ1n) is 12.3. The first-order chi connectivity index (χ1) is 18.2. The fraction of sp³-hybridized carbons (Fsp3) is 0.167. The average molecular weight is 489 g/mol. The molecule has 0 aliphatic carbocycles. The van der Waals surface area contributed by atoms with E-state index in [2.05, 4.69) is 22.0 Å². The molecule has 5 aromatic rings. The fourth-order valence-electron chi connectivity index (χ4n) is 5.41. The summed E-state index contributed by atoms with van der Waals surface area (Å²) in [7, 11) is 1.65. The van der Waals surface area contributed by atoms with Gasteiger partial charge in [-0.3, -0.25) is 4.79 Å². The Morgan fingerprint density at radius 2 is 1.81 bits per heavy atom. The van der Waals surface area contributed by atoms with Gasteiger partial charge in [0.1, 0.15) is 11.5 Å². The van der Waals surface area contributed by atoms with E-state index in [1.807, 2.05) is 67.0 Å². The highest BCUT2D eigenvalue weighted by atomic mass is 16.5. The molecule has 7 nitrogen and oxygen atoms in total. The van der Waals surface area contributed by atoms with Crippen molar-refractivity contribution in [2.45, 2.75) is 19.0 Å². The molecule has 1 N–H and O–H groups in total. The molecule has 1 atom stereocenters. The maximum absolute atomic E-state index is 13.5. The van der Waals surface area contributed by atoms with Gasteiger partial charge in [-0.1, -0.05) is 30.3 Å². The lowest BCUT2D eigenvalue weighted by Crippen LogP contribution is -2.25. The number of para-hydroxylation sites is 1. The van der Waals surface area contributed by atoms with Crippen LogP contribution in [0, 0.1) is 0 Å². The number of pyridine rings is 1. The Kier molecular flexibility index (Phi) is 4.96. The van der Waals surface area contributed by atoms with Crippen LogP contribution in [0.4, 0.5) is 5.95 Å². The second-order valence-electron chi connectivity index (χ2n) is 9.39. The van der Waals surface area contributed by atoms with Gasteiger partial charge in [0.25, 0.3) is 0 Å². The van der Waals surface area contributed by atoms with Crippen LogP contribution in [0.25, 0.3) is 22.0 Å². The third kappa shape index (κ3) is 3.54. The summed E-state index contributed by atoms with van der Waals surface area (Å²) in [6.45, 7) is 1.12. The number of anilines is 1. The van der Waals surface area contributed by atoms with Gasteiger partial charge < -0.3 is 19.4 Å². The Morgan fingerprint density at radius 1 is 1.00 bits per heavy atom. The molecular weight excluding hydrogens is 464 g/mol. The highest BCUT2D eigenvalue weighted by Crippen LogP contribution is 2.41. The SMILES string of the molecule is COc1ccc(-c2cnc(N3Cc4c([nH]c5ccccc5c4=O)[C@H]3c3ccc4c(c3)CCO4)nc2)cc1. The number of H-pyrrole nitrogens is 1. The first-order valence-corrected chi connectivity index (χ1v) is 12.3. The molecule has 37 heavy (non-hydrogen) atoms. The van der Waals surface area contributed by atoms with Crippen LogP contribution in [0.5, 0.6) is 11.5 Å². The number of hydrogen-bond acceptors (Lipinski definition) is 6. The molecule has 2 aromatic heterocycles. The molecule has 0 bridgehead atoms. The van der Waals surface area contributed by atoms with E-state index in [0.29, 0.717) is 24.5 Å². The Hall–Kier alpha value is -4.65. The standard InChI is InChI=1S/C30H24N4O3/c1-36-22-9-6-18(7-10-22)21-15-31-30(32-16-21)34-17-24-27(33-25-5-3-2-4-23(25)29(24)35)28(34)20-8-11-26-19(14-20)12-13-37-26/h2-11,14-16,28H,12-13,17H2,1H3,(H,33,35)/t28-/m1/s1. The van der Waals surface area contributed by atoms with Crippen molar-refractivity contribution >= 4 is 16.9 Å². The van der Waals surface area contributed by atoms with Gasteiger partial charge in [0, 0.05) is 40.8 Å². The smallest absolute Gasteiger partial charge is 0.226 e. The third-order valence-corrected chi connectivity index (χ3v) is 7.30. The van der Waals surface area contributed by atoms with E-state index in [1.54, 1.807) is 7.11 Å². The Bertz CT molecular complexity index is 1690. The quantitative estimate of drug-likeness (QED) is 0.382. The molecule has 7 rings (SSSR count). The van der Waals surface area contributed by atoms with Gasteiger partial charge in [-0.15, -0.1) is 0 Å². The van der Waals surface area contributed by atoms with Crippen molar-refractivity contribution in [1.29, 1.82) is 0 Å². The van der Waals surface area contributed by atoms with Gasteiger partial charge in [0.15, 0.2) is 5.43 Å². The van der Waals surface area contributed by atoms with Gasteiger partial charge in [-0.2, -0.15) is 0 Å². The number of fused-ring (bicyclic) bond motifs is 3. The monoisotopic (exact) mass is 488 g/mol. The number of nitrogens with one attached hydrogen (secondary N) is 1. The van der Waals surface area contributed by atoms with Crippen molar-refractivity contribution in [3.8, 4) is 22.6 Å². The van der Waals surface area contributed by atoms with Gasteiger partial charge in [-0.05, 0) is 53.1 Å². The highest BCUT2D eigenvalue weighted by Gasteiger charge is 2.36. The van der Waals surface area contributed by atoms with Crippen LogP contribution in [-0.2, 0) is 13.0 Å². The fourth-order valence-corrected chi connectivity index (χ4v) is 5.41. The summed E-state index contributed by atoms with van der Waals surface area (Å²) >= 11 is 0. The van der Waals surface area contributed by atoms with E-state index in [9.17, 15) is 4.79 Å². The summed E-state index contributed by atoms with van der Waals surface area (Å²) in [5.74, 6) is 2.31. The molecule has 0 spiro atoms. The first kappa shape index (κ1) is 21.6. The zero-order valence-electron chi connectivity index (χ0n) is 20.3. The summed E-state index contributed by atoms with van der Waals surface area (Å²) in [5, 5.41) is 0.694. The van der Waals surface area contributed by atoms with E-state index >= 15 is 0 Å². The molecule has 0 unspecified atom stereocenters. The van der Waals surface area contributed by atoms with Crippen molar-refractivity contribution in [2.75, 3.05) is 18.6 Å². The minimum atomic E-state index is -0.218. The van der Waals surface area contributed by atoms with Crippen molar-refractivity contribution in [2.24, 2.45) is 0 Å². The minimum Gasteiger partial charge on any atom is -0.497 e. The van der Waals surface area contributed by atoms with E-state index < -0.39 is 0 Å². The zero-order chi connectivity index (χ0) is 24.9. The van der Waals surface area contributed by atoms with Gasteiger partial charge in [-0.25, -0.2) is 9.97 Å². The Balaban J connectivity index is 1.33. The summed E-state index contributed by atoms with van der Waals surface area (Å²) in [6.07, 6.45) is 4.54.